The van der Waals surface area contributed by atoms with E-state index in [4.69, 9.17) is 0 Å². The largest absolute Gasteiger partial charge is 0.350 e. The first kappa shape index (κ1) is 20.0. The van der Waals surface area contributed by atoms with Crippen molar-refractivity contribution >= 4 is 27.5 Å². The Morgan fingerprint density at radius 3 is 2.46 bits per heavy atom. The highest BCUT2D eigenvalue weighted by molar-refractivity contribution is 7.94. The molecule has 0 aliphatic carbocycles. The van der Waals surface area contributed by atoms with E-state index >= 15 is 0 Å². The van der Waals surface area contributed by atoms with Crippen molar-refractivity contribution in [2.75, 3.05) is 30.7 Å². The highest BCUT2D eigenvalue weighted by Gasteiger charge is 2.36. The van der Waals surface area contributed by atoms with E-state index in [0.717, 1.165) is 9.87 Å². The lowest BCUT2D eigenvalue weighted by Crippen LogP contribution is -2.34. The molecule has 0 saturated carbocycles. The van der Waals surface area contributed by atoms with Gasteiger partial charge in [-0.3, -0.25) is 9.59 Å². The molecule has 8 heteroatoms. The van der Waals surface area contributed by atoms with Gasteiger partial charge < -0.3 is 10.2 Å². The van der Waals surface area contributed by atoms with E-state index in [1.54, 1.807) is 12.1 Å². The van der Waals surface area contributed by atoms with Gasteiger partial charge in [-0.25, -0.2) is 12.7 Å². The summed E-state index contributed by atoms with van der Waals surface area (Å²) in [7, 11) is 0.218. The Bertz CT molecular complexity index is 974. The van der Waals surface area contributed by atoms with Crippen LogP contribution in [0.25, 0.3) is 0 Å². The van der Waals surface area contributed by atoms with Crippen LogP contribution in [0.15, 0.2) is 54.6 Å². The van der Waals surface area contributed by atoms with Crippen LogP contribution in [0, 0.1) is 0 Å². The lowest BCUT2D eigenvalue weighted by molar-refractivity contribution is -0.116. The number of likely N-dealkylation sites (N-methyl/N-ethyl adjacent to an activating group) is 1. The molecule has 148 valence electrons. The normalized spacial score (nSPS) is 17.0. The molecule has 1 aliphatic rings. The molecule has 1 saturated heterocycles. The first-order valence-corrected chi connectivity index (χ1v) is 10.6. The van der Waals surface area contributed by atoms with Crippen LogP contribution in [-0.2, 0) is 14.8 Å². The summed E-state index contributed by atoms with van der Waals surface area (Å²) < 4.78 is 25.0. The maximum absolute atomic E-state index is 12.6. The summed E-state index contributed by atoms with van der Waals surface area (Å²) in [6.07, 6.45) is -0.0413. The van der Waals surface area contributed by atoms with Gasteiger partial charge in [0.15, 0.2) is 0 Å². The fourth-order valence-corrected chi connectivity index (χ4v) is 4.66. The first-order valence-electron chi connectivity index (χ1n) is 8.95. The fraction of sp³-hybridized carbons (Fsp3) is 0.300. The van der Waals surface area contributed by atoms with Crippen LogP contribution in [0.3, 0.4) is 0 Å². The summed E-state index contributed by atoms with van der Waals surface area (Å²) in [4.78, 5) is 26.6. The van der Waals surface area contributed by atoms with E-state index in [1.807, 2.05) is 49.3 Å². The minimum absolute atomic E-state index is 0.00568. The lowest BCUT2D eigenvalue weighted by Gasteiger charge is -2.25. The molecule has 3 rings (SSSR count). The zero-order valence-corrected chi connectivity index (χ0v) is 16.6. The van der Waals surface area contributed by atoms with Crippen molar-refractivity contribution in [1.82, 2.24) is 10.2 Å². The molecule has 1 fully saturated rings. The van der Waals surface area contributed by atoms with E-state index in [9.17, 15) is 18.0 Å². The monoisotopic (exact) mass is 401 g/mol. The highest BCUT2D eigenvalue weighted by Crippen LogP contribution is 2.26. The third-order valence-electron chi connectivity index (χ3n) is 4.69. The Labute approximate surface area is 165 Å². The summed E-state index contributed by atoms with van der Waals surface area (Å²) in [5, 5.41) is 2.90. The molecule has 0 radical (unpaired) electrons. The Kier molecular flexibility index (Phi) is 5.81. The summed E-state index contributed by atoms with van der Waals surface area (Å²) in [6.45, 7) is 0.390. The van der Waals surface area contributed by atoms with Gasteiger partial charge in [0, 0.05) is 18.5 Å². The number of nitrogens with one attached hydrogen (secondary N) is 1. The van der Waals surface area contributed by atoms with E-state index in [-0.39, 0.29) is 29.8 Å². The summed E-state index contributed by atoms with van der Waals surface area (Å²) in [5.74, 6) is -1.01. The number of sulfonamides is 1. The molecule has 1 atom stereocenters. The van der Waals surface area contributed by atoms with Crippen LogP contribution < -0.4 is 9.62 Å². The second-order valence-corrected chi connectivity index (χ2v) is 8.81. The third-order valence-corrected chi connectivity index (χ3v) is 6.38. The molecule has 1 heterocycles. The number of amides is 2. The van der Waals surface area contributed by atoms with Gasteiger partial charge in [0.2, 0.25) is 15.9 Å². The van der Waals surface area contributed by atoms with Gasteiger partial charge in [-0.2, -0.15) is 0 Å². The van der Waals surface area contributed by atoms with E-state index in [2.05, 4.69) is 5.32 Å². The number of hydrogen-bond acceptors (Lipinski definition) is 5. The zero-order chi connectivity index (χ0) is 20.3. The Morgan fingerprint density at radius 2 is 1.86 bits per heavy atom. The van der Waals surface area contributed by atoms with Crippen LogP contribution in [0.2, 0.25) is 0 Å². The van der Waals surface area contributed by atoms with Gasteiger partial charge in [0.25, 0.3) is 5.91 Å². The van der Waals surface area contributed by atoms with Gasteiger partial charge >= 0.3 is 0 Å². The number of carbonyl (C=O) groups is 2. The molecule has 28 heavy (non-hydrogen) atoms. The van der Waals surface area contributed by atoms with Crippen molar-refractivity contribution in [3.63, 3.8) is 0 Å². The average molecular weight is 401 g/mol. The number of benzene rings is 2. The van der Waals surface area contributed by atoms with Crippen molar-refractivity contribution in [3.05, 3.63) is 65.7 Å². The molecular formula is C20H23N3O4S. The second-order valence-electron chi connectivity index (χ2n) is 6.87. The van der Waals surface area contributed by atoms with Gasteiger partial charge in [-0.15, -0.1) is 0 Å². The van der Waals surface area contributed by atoms with Crippen LogP contribution in [0.5, 0.6) is 0 Å². The predicted molar refractivity (Wildman–Crippen MR) is 108 cm³/mol. The molecule has 0 bridgehead atoms. The van der Waals surface area contributed by atoms with Crippen LogP contribution in [0.4, 0.5) is 5.69 Å². The van der Waals surface area contributed by atoms with E-state index in [0.29, 0.717) is 12.1 Å². The predicted octanol–water partition coefficient (Wildman–Crippen LogP) is 1.79. The average Bonchev–Trinajstić information content (AvgIpc) is 2.95. The molecule has 2 amide bonds. The Hall–Kier alpha value is -2.71. The standard InChI is InChI=1S/C20H23N3O4S/c1-22(2)18(15-7-4-3-5-8-15)14-21-20(25)16-9-6-10-17(13-16)23-19(24)11-12-28(23,26)27/h3-10,13,18H,11-12,14H2,1-2H3,(H,21,25)/t18-/m1/s1. The first-order chi connectivity index (χ1) is 13.3. The minimum atomic E-state index is -3.66. The minimum Gasteiger partial charge on any atom is -0.350 e. The Morgan fingerprint density at radius 1 is 1.14 bits per heavy atom. The van der Waals surface area contributed by atoms with Crippen molar-refractivity contribution in [2.45, 2.75) is 12.5 Å². The molecule has 0 spiro atoms. The number of hydrogen-bond donors (Lipinski definition) is 1. The van der Waals surface area contributed by atoms with Crippen LogP contribution in [-0.4, -0.2) is 51.5 Å². The molecule has 0 unspecified atom stereocenters. The number of rotatable bonds is 6. The lowest BCUT2D eigenvalue weighted by atomic mass is 10.1. The van der Waals surface area contributed by atoms with Crippen LogP contribution in [0.1, 0.15) is 28.4 Å². The van der Waals surface area contributed by atoms with Crippen molar-refractivity contribution in [1.29, 1.82) is 0 Å². The molecule has 0 aromatic heterocycles. The topological polar surface area (TPSA) is 86.8 Å². The van der Waals surface area contributed by atoms with Crippen molar-refractivity contribution in [3.8, 4) is 0 Å². The number of carbonyl (C=O) groups excluding carboxylic acids is 2. The summed E-state index contributed by atoms with van der Waals surface area (Å²) >= 11 is 0. The molecular weight excluding hydrogens is 378 g/mol. The molecule has 7 nitrogen and oxygen atoms in total. The van der Waals surface area contributed by atoms with E-state index in [1.165, 1.54) is 12.1 Å². The van der Waals surface area contributed by atoms with Crippen LogP contribution >= 0.6 is 0 Å². The van der Waals surface area contributed by atoms with Gasteiger partial charge in [-0.1, -0.05) is 36.4 Å². The summed E-state index contributed by atoms with van der Waals surface area (Å²) in [5.41, 5.74) is 1.58. The van der Waals surface area contributed by atoms with Crippen molar-refractivity contribution in [2.24, 2.45) is 0 Å². The zero-order valence-electron chi connectivity index (χ0n) is 15.8. The quantitative estimate of drug-likeness (QED) is 0.797. The van der Waals surface area contributed by atoms with E-state index < -0.39 is 15.9 Å². The summed E-state index contributed by atoms with van der Waals surface area (Å²) in [6, 6.07) is 16.0. The highest BCUT2D eigenvalue weighted by atomic mass is 32.2. The third kappa shape index (κ3) is 4.23. The fourth-order valence-electron chi connectivity index (χ4n) is 3.21. The molecule has 1 aliphatic heterocycles. The SMILES string of the molecule is CN(C)[C@H](CNC(=O)c1cccc(N2C(=O)CCS2(=O)=O)c1)c1ccccc1. The van der Waals surface area contributed by atoms with Gasteiger partial charge in [-0.05, 0) is 37.9 Å². The molecule has 2 aromatic carbocycles. The van der Waals surface area contributed by atoms with Crippen molar-refractivity contribution < 1.29 is 18.0 Å². The molecule has 2 aromatic rings. The van der Waals surface area contributed by atoms with Gasteiger partial charge in [0.05, 0.1) is 17.5 Å². The second kappa shape index (κ2) is 8.12. The number of anilines is 1. The smallest absolute Gasteiger partial charge is 0.251 e. The number of nitrogens with zero attached hydrogens (tertiary/aromatic N) is 2. The molecule has 1 N–H and O–H groups in total. The maximum Gasteiger partial charge on any atom is 0.251 e. The maximum atomic E-state index is 12.6. The Balaban J connectivity index is 1.75. The van der Waals surface area contributed by atoms with Gasteiger partial charge in [0.1, 0.15) is 0 Å².